The van der Waals surface area contributed by atoms with Crippen molar-refractivity contribution in [2.45, 2.75) is 12.6 Å². The Labute approximate surface area is 134 Å². The number of aliphatic hydroxyl groups is 1. The fraction of sp³-hybridized carbons (Fsp3) is 0.294. The van der Waals surface area contributed by atoms with E-state index in [-0.39, 0.29) is 0 Å². The molecular formula is C17H17N3O3. The second kappa shape index (κ2) is 6.15. The zero-order valence-electron chi connectivity index (χ0n) is 13.0. The molecule has 0 saturated heterocycles. The molecule has 0 spiro atoms. The van der Waals surface area contributed by atoms with E-state index >= 15 is 0 Å². The van der Waals surface area contributed by atoms with E-state index in [2.05, 4.69) is 11.1 Å². The van der Waals surface area contributed by atoms with Gasteiger partial charge in [-0.15, -0.1) is 0 Å². The van der Waals surface area contributed by atoms with Crippen LogP contribution in [0.5, 0.6) is 11.5 Å². The molecule has 1 N–H and O–H groups in total. The summed E-state index contributed by atoms with van der Waals surface area (Å²) in [5, 5.41) is 19.9. The number of anilines is 1. The first kappa shape index (κ1) is 15.1. The summed E-state index contributed by atoms with van der Waals surface area (Å²) in [6.07, 6.45) is 0.887. The van der Waals surface area contributed by atoms with Crippen LogP contribution in [0.3, 0.4) is 0 Å². The highest BCUT2D eigenvalue weighted by molar-refractivity contribution is 5.59. The number of β-amino-alcohol motifs (C(OH)–C–C–N with tert-alkyl or cyclic N) is 1. The molecule has 118 valence electrons. The Morgan fingerprint density at radius 1 is 1.26 bits per heavy atom. The van der Waals surface area contributed by atoms with Gasteiger partial charge >= 0.3 is 0 Å². The van der Waals surface area contributed by atoms with Crippen molar-refractivity contribution < 1.29 is 14.6 Å². The number of hydrogen-bond acceptors (Lipinski definition) is 6. The number of aromatic nitrogens is 1. The van der Waals surface area contributed by atoms with Gasteiger partial charge in [0.1, 0.15) is 29.5 Å². The molecule has 2 heterocycles. The molecule has 2 aromatic rings. The first-order valence-electron chi connectivity index (χ1n) is 7.21. The van der Waals surface area contributed by atoms with Crippen LogP contribution >= 0.6 is 0 Å². The minimum atomic E-state index is -0.752. The van der Waals surface area contributed by atoms with E-state index in [0.29, 0.717) is 36.0 Å². The van der Waals surface area contributed by atoms with Crippen molar-refractivity contribution in [3.63, 3.8) is 0 Å². The Hall–Kier alpha value is -2.78. The van der Waals surface area contributed by atoms with Crippen molar-refractivity contribution in [3.8, 4) is 17.6 Å². The SMILES string of the molecule is COc1ccc(OC)c2c1CN(c1ncccc1C#N)C[C@@H]2O. The van der Waals surface area contributed by atoms with Gasteiger partial charge in [-0.3, -0.25) is 0 Å². The summed E-state index contributed by atoms with van der Waals surface area (Å²) in [7, 11) is 3.17. The van der Waals surface area contributed by atoms with Crippen LogP contribution in [0, 0.1) is 11.3 Å². The average molecular weight is 311 g/mol. The molecule has 0 aliphatic carbocycles. The molecule has 1 aromatic carbocycles. The zero-order valence-corrected chi connectivity index (χ0v) is 13.0. The van der Waals surface area contributed by atoms with Gasteiger partial charge < -0.3 is 19.5 Å². The summed E-state index contributed by atoms with van der Waals surface area (Å²) in [4.78, 5) is 6.18. The molecule has 1 aromatic heterocycles. The fourth-order valence-corrected chi connectivity index (χ4v) is 2.97. The normalized spacial score (nSPS) is 16.4. The van der Waals surface area contributed by atoms with Crippen molar-refractivity contribution in [2.75, 3.05) is 25.7 Å². The van der Waals surface area contributed by atoms with Crippen molar-refractivity contribution in [2.24, 2.45) is 0 Å². The molecule has 0 saturated carbocycles. The summed E-state index contributed by atoms with van der Waals surface area (Å²) in [5.41, 5.74) is 2.06. The molecule has 0 fully saturated rings. The number of nitriles is 1. The number of pyridine rings is 1. The molecule has 3 rings (SSSR count). The number of fused-ring (bicyclic) bond motifs is 1. The van der Waals surface area contributed by atoms with Gasteiger partial charge in [0.05, 0.1) is 26.3 Å². The van der Waals surface area contributed by atoms with E-state index in [1.807, 2.05) is 11.0 Å². The van der Waals surface area contributed by atoms with Gasteiger partial charge in [-0.25, -0.2) is 4.98 Å². The van der Waals surface area contributed by atoms with Crippen LogP contribution < -0.4 is 14.4 Å². The first-order chi connectivity index (χ1) is 11.2. The minimum Gasteiger partial charge on any atom is -0.496 e. The maximum absolute atomic E-state index is 10.6. The molecular weight excluding hydrogens is 294 g/mol. The largest absolute Gasteiger partial charge is 0.496 e. The summed E-state index contributed by atoms with van der Waals surface area (Å²) >= 11 is 0. The van der Waals surface area contributed by atoms with Gasteiger partial charge in [-0.05, 0) is 24.3 Å². The van der Waals surface area contributed by atoms with Gasteiger partial charge in [-0.2, -0.15) is 5.26 Å². The highest BCUT2D eigenvalue weighted by atomic mass is 16.5. The van der Waals surface area contributed by atoms with E-state index in [9.17, 15) is 10.4 Å². The number of rotatable bonds is 3. The Bertz CT molecular complexity index is 770. The lowest BCUT2D eigenvalue weighted by molar-refractivity contribution is 0.169. The average Bonchev–Trinajstić information content (AvgIpc) is 2.60. The van der Waals surface area contributed by atoms with E-state index in [4.69, 9.17) is 9.47 Å². The number of hydrogen-bond donors (Lipinski definition) is 1. The van der Waals surface area contributed by atoms with E-state index in [1.165, 1.54) is 0 Å². The Morgan fingerprint density at radius 2 is 2.00 bits per heavy atom. The standard InChI is InChI=1S/C17H17N3O3/c1-22-14-5-6-15(23-2)16-12(14)9-20(10-13(16)21)17-11(8-18)4-3-7-19-17/h3-7,13,21H,9-10H2,1-2H3/t13-/m0/s1. The van der Waals surface area contributed by atoms with Crippen molar-refractivity contribution in [1.29, 1.82) is 5.26 Å². The van der Waals surface area contributed by atoms with E-state index < -0.39 is 6.10 Å². The molecule has 6 heteroatoms. The summed E-state index contributed by atoms with van der Waals surface area (Å²) in [5.74, 6) is 1.87. The lowest BCUT2D eigenvalue weighted by Gasteiger charge is -2.35. The Kier molecular flexibility index (Phi) is 4.04. The summed E-state index contributed by atoms with van der Waals surface area (Å²) < 4.78 is 10.8. The van der Waals surface area contributed by atoms with Gasteiger partial charge in [0.15, 0.2) is 0 Å². The van der Waals surface area contributed by atoms with Crippen molar-refractivity contribution in [1.82, 2.24) is 4.98 Å². The van der Waals surface area contributed by atoms with Crippen LogP contribution in [0.2, 0.25) is 0 Å². The van der Waals surface area contributed by atoms with Crippen LogP contribution in [0.4, 0.5) is 5.82 Å². The number of nitrogens with zero attached hydrogens (tertiary/aromatic N) is 3. The number of ether oxygens (including phenoxy) is 2. The lowest BCUT2D eigenvalue weighted by Crippen LogP contribution is -2.35. The molecule has 6 nitrogen and oxygen atoms in total. The second-order valence-electron chi connectivity index (χ2n) is 5.25. The zero-order chi connectivity index (χ0) is 16.4. The molecule has 1 aliphatic rings. The van der Waals surface area contributed by atoms with Gasteiger partial charge in [0.2, 0.25) is 0 Å². The Morgan fingerprint density at radius 3 is 2.70 bits per heavy atom. The van der Waals surface area contributed by atoms with Crippen LogP contribution in [0.1, 0.15) is 22.8 Å². The van der Waals surface area contributed by atoms with E-state index in [1.54, 1.807) is 38.6 Å². The van der Waals surface area contributed by atoms with Gasteiger partial charge in [-0.1, -0.05) is 0 Å². The van der Waals surface area contributed by atoms with Crippen LogP contribution in [-0.2, 0) is 6.54 Å². The smallest absolute Gasteiger partial charge is 0.146 e. The van der Waals surface area contributed by atoms with E-state index in [0.717, 1.165) is 11.1 Å². The first-order valence-corrected chi connectivity index (χ1v) is 7.21. The monoisotopic (exact) mass is 311 g/mol. The topological polar surface area (TPSA) is 78.6 Å². The van der Waals surface area contributed by atoms with Crippen LogP contribution in [-0.4, -0.2) is 30.9 Å². The predicted octanol–water partition coefficient (Wildman–Crippen LogP) is 2.02. The quantitative estimate of drug-likeness (QED) is 0.934. The lowest BCUT2D eigenvalue weighted by atomic mass is 9.95. The molecule has 0 unspecified atom stereocenters. The van der Waals surface area contributed by atoms with Crippen molar-refractivity contribution in [3.05, 3.63) is 47.2 Å². The predicted molar refractivity (Wildman–Crippen MR) is 84.5 cm³/mol. The highest BCUT2D eigenvalue weighted by Gasteiger charge is 2.31. The molecule has 0 radical (unpaired) electrons. The third-order valence-electron chi connectivity index (χ3n) is 4.00. The van der Waals surface area contributed by atoms with Crippen molar-refractivity contribution >= 4 is 5.82 Å². The minimum absolute atomic E-state index is 0.336. The third-order valence-corrected chi connectivity index (χ3v) is 4.00. The number of benzene rings is 1. The van der Waals surface area contributed by atoms with Crippen LogP contribution in [0.15, 0.2) is 30.5 Å². The molecule has 0 bridgehead atoms. The third kappa shape index (κ3) is 2.56. The second-order valence-corrected chi connectivity index (χ2v) is 5.25. The number of aliphatic hydroxyl groups excluding tert-OH is 1. The molecule has 1 aliphatic heterocycles. The maximum atomic E-state index is 10.6. The number of methoxy groups -OCH3 is 2. The highest BCUT2D eigenvalue weighted by Crippen LogP contribution is 2.40. The van der Waals surface area contributed by atoms with Gasteiger partial charge in [0.25, 0.3) is 0 Å². The summed E-state index contributed by atoms with van der Waals surface area (Å²) in [6.45, 7) is 0.820. The molecule has 23 heavy (non-hydrogen) atoms. The maximum Gasteiger partial charge on any atom is 0.146 e. The fourth-order valence-electron chi connectivity index (χ4n) is 2.97. The van der Waals surface area contributed by atoms with Crippen LogP contribution in [0.25, 0.3) is 0 Å². The van der Waals surface area contributed by atoms with Gasteiger partial charge in [0, 0.05) is 23.9 Å². The molecule has 0 amide bonds. The molecule has 1 atom stereocenters. The summed E-state index contributed by atoms with van der Waals surface area (Å²) in [6, 6.07) is 9.19. The Balaban J connectivity index is 2.08.